The number of hydrogen-bond donors (Lipinski definition) is 3. The molecule has 1 aromatic carbocycles. The molecule has 2 amide bonds. The highest BCUT2D eigenvalue weighted by Gasteiger charge is 2.32. The van der Waals surface area contributed by atoms with Gasteiger partial charge in [0.15, 0.2) is 0 Å². The Labute approximate surface area is 128 Å². The lowest BCUT2D eigenvalue weighted by molar-refractivity contribution is -0.121. The highest BCUT2D eigenvalue weighted by molar-refractivity contribution is 5.90. The van der Waals surface area contributed by atoms with Gasteiger partial charge >= 0.3 is 0 Å². The van der Waals surface area contributed by atoms with E-state index in [1.54, 1.807) is 6.07 Å². The van der Waals surface area contributed by atoms with Gasteiger partial charge in [0.2, 0.25) is 5.91 Å². The number of hydrogen-bond acceptors (Lipinski definition) is 3. The molecule has 0 unspecified atom stereocenters. The monoisotopic (exact) mass is 298 g/mol. The maximum absolute atomic E-state index is 12.0. The highest BCUT2D eigenvalue weighted by Crippen LogP contribution is 2.36. The molecule has 114 valence electrons. The molecule has 0 saturated heterocycles. The number of nitrogens with zero attached hydrogens (tertiary/aromatic N) is 1. The van der Waals surface area contributed by atoms with Crippen LogP contribution < -0.4 is 11.1 Å². The number of primary amides is 1. The summed E-state index contributed by atoms with van der Waals surface area (Å²) in [6.07, 6.45) is 2.10. The minimum absolute atomic E-state index is 0.0390. The zero-order chi connectivity index (χ0) is 15.5. The number of carbonyl (C=O) groups excluding carboxylic acids is 2. The molecule has 1 aliphatic carbocycles. The van der Waals surface area contributed by atoms with Crippen molar-refractivity contribution in [2.75, 3.05) is 0 Å². The number of carbonyl (C=O) groups is 2. The van der Waals surface area contributed by atoms with Gasteiger partial charge in [0, 0.05) is 17.7 Å². The van der Waals surface area contributed by atoms with E-state index in [1.165, 1.54) is 0 Å². The number of aromatic nitrogens is 2. The summed E-state index contributed by atoms with van der Waals surface area (Å²) in [6.45, 7) is 0. The largest absolute Gasteiger partial charge is 0.364 e. The third kappa shape index (κ3) is 3.16. The summed E-state index contributed by atoms with van der Waals surface area (Å²) in [7, 11) is 0. The van der Waals surface area contributed by atoms with Crippen LogP contribution >= 0.6 is 0 Å². The molecule has 1 fully saturated rings. The van der Waals surface area contributed by atoms with Gasteiger partial charge in [0.25, 0.3) is 5.91 Å². The number of nitrogens with one attached hydrogen (secondary N) is 2. The quantitative estimate of drug-likeness (QED) is 0.770. The molecule has 0 radical (unpaired) electrons. The minimum atomic E-state index is -0.533. The van der Waals surface area contributed by atoms with Crippen molar-refractivity contribution in [2.24, 2.45) is 5.73 Å². The summed E-state index contributed by atoms with van der Waals surface area (Å²) >= 11 is 0. The first-order valence-corrected chi connectivity index (χ1v) is 7.30. The van der Waals surface area contributed by atoms with Crippen LogP contribution in [0, 0.1) is 0 Å². The van der Waals surface area contributed by atoms with E-state index in [1.807, 2.05) is 30.3 Å². The molecule has 2 aromatic rings. The molecule has 22 heavy (non-hydrogen) atoms. The maximum Gasteiger partial charge on any atom is 0.269 e. The number of rotatable bonds is 5. The molecule has 0 bridgehead atoms. The predicted molar refractivity (Wildman–Crippen MR) is 81.2 cm³/mol. The minimum Gasteiger partial charge on any atom is -0.364 e. The maximum atomic E-state index is 12.0. The number of H-pyrrole nitrogens is 1. The Morgan fingerprint density at radius 3 is 2.64 bits per heavy atom. The first kappa shape index (κ1) is 14.3. The molecule has 1 saturated carbocycles. The molecule has 1 aromatic heterocycles. The summed E-state index contributed by atoms with van der Waals surface area (Å²) in [4.78, 5) is 23.0. The van der Waals surface area contributed by atoms with Gasteiger partial charge in [-0.15, -0.1) is 0 Å². The molecule has 1 aliphatic rings. The second-order valence-corrected chi connectivity index (χ2v) is 5.67. The molecule has 1 heterocycles. The van der Waals surface area contributed by atoms with Crippen LogP contribution in [0.4, 0.5) is 0 Å². The lowest BCUT2D eigenvalue weighted by Gasteiger charge is -2.35. The van der Waals surface area contributed by atoms with Crippen molar-refractivity contribution < 1.29 is 9.59 Å². The van der Waals surface area contributed by atoms with Gasteiger partial charge in [-0.05, 0) is 24.5 Å². The van der Waals surface area contributed by atoms with Crippen LogP contribution in [0.3, 0.4) is 0 Å². The van der Waals surface area contributed by atoms with Crippen LogP contribution in [-0.2, 0) is 11.2 Å². The van der Waals surface area contributed by atoms with Gasteiger partial charge in [0.1, 0.15) is 5.69 Å². The van der Waals surface area contributed by atoms with E-state index in [-0.39, 0.29) is 17.6 Å². The van der Waals surface area contributed by atoms with Gasteiger partial charge in [-0.3, -0.25) is 14.7 Å². The normalized spacial score (nSPS) is 20.2. The zero-order valence-electron chi connectivity index (χ0n) is 12.1. The van der Waals surface area contributed by atoms with Crippen molar-refractivity contribution in [1.29, 1.82) is 0 Å². The van der Waals surface area contributed by atoms with Gasteiger partial charge in [0.05, 0.1) is 6.42 Å². The number of nitrogens with two attached hydrogens (primary N) is 1. The third-order valence-electron chi connectivity index (χ3n) is 4.00. The molecule has 6 heteroatoms. The van der Waals surface area contributed by atoms with Crippen LogP contribution in [0.5, 0.6) is 0 Å². The summed E-state index contributed by atoms with van der Waals surface area (Å²) in [6, 6.07) is 11.5. The first-order valence-electron chi connectivity index (χ1n) is 7.30. The molecule has 4 N–H and O–H groups in total. The van der Waals surface area contributed by atoms with Crippen LogP contribution in [0.2, 0.25) is 0 Å². The van der Waals surface area contributed by atoms with Gasteiger partial charge in [-0.2, -0.15) is 5.10 Å². The molecule has 3 rings (SSSR count). The van der Waals surface area contributed by atoms with Gasteiger partial charge < -0.3 is 11.1 Å². The van der Waals surface area contributed by atoms with Crippen molar-refractivity contribution >= 4 is 11.8 Å². The molecule has 0 spiro atoms. The van der Waals surface area contributed by atoms with Crippen molar-refractivity contribution in [1.82, 2.24) is 15.5 Å². The fraction of sp³-hybridized carbons (Fsp3) is 0.312. The Kier molecular flexibility index (Phi) is 3.91. The standard InChI is InChI=1S/C16H18N4O2/c17-16(22)14-9-13(19-20-14)11-7-12(8-11)18-15(21)6-10-4-2-1-3-5-10/h1-5,9,11-12H,6-8H2,(H2,17,22)(H,18,21)(H,19,20). The smallest absolute Gasteiger partial charge is 0.269 e. The second-order valence-electron chi connectivity index (χ2n) is 5.67. The third-order valence-corrected chi connectivity index (χ3v) is 4.00. The summed E-state index contributed by atoms with van der Waals surface area (Å²) in [5.74, 6) is -0.200. The van der Waals surface area contributed by atoms with Crippen LogP contribution in [-0.4, -0.2) is 28.1 Å². The summed E-state index contributed by atoms with van der Waals surface area (Å²) in [5.41, 5.74) is 7.35. The first-order chi connectivity index (χ1) is 10.6. The Balaban J connectivity index is 1.47. The Bertz CT molecular complexity index is 674. The lowest BCUT2D eigenvalue weighted by atomic mass is 9.78. The van der Waals surface area contributed by atoms with Crippen LogP contribution in [0.25, 0.3) is 0 Å². The van der Waals surface area contributed by atoms with E-state index in [2.05, 4.69) is 15.5 Å². The van der Waals surface area contributed by atoms with Crippen molar-refractivity contribution in [3.8, 4) is 0 Å². The fourth-order valence-corrected chi connectivity index (χ4v) is 2.72. The number of benzene rings is 1. The van der Waals surface area contributed by atoms with Crippen molar-refractivity contribution in [3.05, 3.63) is 53.3 Å². The van der Waals surface area contributed by atoms with Crippen molar-refractivity contribution in [3.63, 3.8) is 0 Å². The molecular weight excluding hydrogens is 280 g/mol. The zero-order valence-corrected chi connectivity index (χ0v) is 12.1. The molecule has 6 nitrogen and oxygen atoms in total. The molecular formula is C16H18N4O2. The second kappa shape index (κ2) is 6.01. The fourth-order valence-electron chi connectivity index (χ4n) is 2.72. The van der Waals surface area contributed by atoms with E-state index < -0.39 is 5.91 Å². The van der Waals surface area contributed by atoms with E-state index in [0.717, 1.165) is 24.1 Å². The van der Waals surface area contributed by atoms with Crippen LogP contribution in [0.15, 0.2) is 36.4 Å². The Morgan fingerprint density at radius 1 is 1.27 bits per heavy atom. The molecule has 0 aliphatic heterocycles. The van der Waals surface area contributed by atoms with E-state index in [9.17, 15) is 9.59 Å². The predicted octanol–water partition coefficient (Wildman–Crippen LogP) is 1.11. The van der Waals surface area contributed by atoms with E-state index in [4.69, 9.17) is 5.73 Å². The van der Waals surface area contributed by atoms with Gasteiger partial charge in [-0.25, -0.2) is 0 Å². The van der Waals surface area contributed by atoms with E-state index >= 15 is 0 Å². The number of aromatic amines is 1. The number of amides is 2. The van der Waals surface area contributed by atoms with Crippen molar-refractivity contribution in [2.45, 2.75) is 31.2 Å². The highest BCUT2D eigenvalue weighted by atomic mass is 16.2. The van der Waals surface area contributed by atoms with E-state index in [0.29, 0.717) is 12.3 Å². The Hall–Kier alpha value is -2.63. The summed E-state index contributed by atoms with van der Waals surface area (Å²) < 4.78 is 0. The van der Waals surface area contributed by atoms with Gasteiger partial charge in [-0.1, -0.05) is 30.3 Å². The molecule has 0 atom stereocenters. The average Bonchev–Trinajstić information content (AvgIpc) is 2.93. The lowest BCUT2D eigenvalue weighted by Crippen LogP contribution is -2.44. The summed E-state index contributed by atoms with van der Waals surface area (Å²) in [5, 5.41) is 9.74. The Morgan fingerprint density at radius 2 is 2.00 bits per heavy atom. The van der Waals surface area contributed by atoms with Crippen LogP contribution in [0.1, 0.15) is 40.5 Å². The average molecular weight is 298 g/mol. The SMILES string of the molecule is NC(=O)c1cc(C2CC(NC(=O)Cc3ccccc3)C2)[nH]n1. The topological polar surface area (TPSA) is 101 Å².